The van der Waals surface area contributed by atoms with Gasteiger partial charge in [-0.1, -0.05) is 6.92 Å². The standard InChI is InChI=1S/C12H25NO2/c1-11-6-8-13(10-12(11)15-2)7-4-3-5-9-14/h11-12,14H,3-10H2,1-2H3. The Morgan fingerprint density at radius 1 is 1.33 bits per heavy atom. The second-order valence-electron chi connectivity index (χ2n) is 4.62. The molecule has 1 rings (SSSR count). The van der Waals surface area contributed by atoms with Crippen molar-refractivity contribution in [2.24, 2.45) is 5.92 Å². The van der Waals surface area contributed by atoms with Crippen LogP contribution < -0.4 is 0 Å². The Bertz CT molecular complexity index is 164. The van der Waals surface area contributed by atoms with Crippen molar-refractivity contribution in [2.45, 2.75) is 38.7 Å². The highest BCUT2D eigenvalue weighted by molar-refractivity contribution is 4.78. The predicted molar refractivity (Wildman–Crippen MR) is 62.0 cm³/mol. The van der Waals surface area contributed by atoms with E-state index in [0.29, 0.717) is 18.6 Å². The molecular formula is C12H25NO2. The Labute approximate surface area is 93.4 Å². The van der Waals surface area contributed by atoms with Crippen LogP contribution in [0.5, 0.6) is 0 Å². The number of rotatable bonds is 6. The molecule has 3 heteroatoms. The molecule has 0 bridgehead atoms. The van der Waals surface area contributed by atoms with Gasteiger partial charge in [0.15, 0.2) is 0 Å². The minimum absolute atomic E-state index is 0.331. The Hall–Kier alpha value is -0.120. The largest absolute Gasteiger partial charge is 0.396 e. The molecule has 1 heterocycles. The summed E-state index contributed by atoms with van der Waals surface area (Å²) < 4.78 is 5.48. The van der Waals surface area contributed by atoms with Crippen molar-refractivity contribution < 1.29 is 9.84 Å². The Kier molecular flexibility index (Phi) is 6.22. The minimum Gasteiger partial charge on any atom is -0.396 e. The Balaban J connectivity index is 2.14. The van der Waals surface area contributed by atoms with Crippen LogP contribution in [0.15, 0.2) is 0 Å². The number of hydrogen-bond donors (Lipinski definition) is 1. The summed E-state index contributed by atoms with van der Waals surface area (Å²) in [5, 5.41) is 8.68. The summed E-state index contributed by atoms with van der Waals surface area (Å²) in [5.41, 5.74) is 0. The molecular weight excluding hydrogens is 190 g/mol. The van der Waals surface area contributed by atoms with E-state index in [1.807, 2.05) is 7.11 Å². The predicted octanol–water partition coefficient (Wildman–Crippen LogP) is 1.51. The summed E-state index contributed by atoms with van der Waals surface area (Å²) >= 11 is 0. The number of aliphatic hydroxyl groups is 1. The lowest BCUT2D eigenvalue weighted by Crippen LogP contribution is -2.44. The zero-order chi connectivity index (χ0) is 11.1. The van der Waals surface area contributed by atoms with Crippen LogP contribution in [0.4, 0.5) is 0 Å². The van der Waals surface area contributed by atoms with E-state index in [9.17, 15) is 0 Å². The molecule has 1 aliphatic heterocycles. The van der Waals surface area contributed by atoms with Crippen molar-refractivity contribution in [1.82, 2.24) is 4.90 Å². The first-order chi connectivity index (χ1) is 7.27. The smallest absolute Gasteiger partial charge is 0.0724 e. The van der Waals surface area contributed by atoms with Crippen LogP contribution in [0.2, 0.25) is 0 Å². The van der Waals surface area contributed by atoms with Crippen molar-refractivity contribution in [2.75, 3.05) is 33.4 Å². The van der Waals surface area contributed by atoms with Gasteiger partial charge in [-0.15, -0.1) is 0 Å². The Morgan fingerprint density at radius 2 is 2.13 bits per heavy atom. The van der Waals surface area contributed by atoms with Gasteiger partial charge < -0.3 is 14.7 Å². The molecule has 15 heavy (non-hydrogen) atoms. The molecule has 0 amide bonds. The van der Waals surface area contributed by atoms with E-state index in [2.05, 4.69) is 11.8 Å². The topological polar surface area (TPSA) is 32.7 Å². The van der Waals surface area contributed by atoms with Crippen LogP contribution in [-0.4, -0.2) is 49.5 Å². The van der Waals surface area contributed by atoms with Crippen molar-refractivity contribution in [3.05, 3.63) is 0 Å². The van der Waals surface area contributed by atoms with Crippen molar-refractivity contribution >= 4 is 0 Å². The SMILES string of the molecule is COC1CN(CCCCCO)CCC1C. The second kappa shape index (κ2) is 7.20. The third kappa shape index (κ3) is 4.49. The molecule has 0 aromatic heterocycles. The normalized spacial score (nSPS) is 28.2. The molecule has 0 saturated carbocycles. The van der Waals surface area contributed by atoms with Crippen LogP contribution in [0.1, 0.15) is 32.6 Å². The highest BCUT2D eigenvalue weighted by Crippen LogP contribution is 2.19. The number of aliphatic hydroxyl groups excluding tert-OH is 1. The van der Waals surface area contributed by atoms with Gasteiger partial charge in [0.2, 0.25) is 0 Å². The van der Waals surface area contributed by atoms with Crippen molar-refractivity contribution in [3.63, 3.8) is 0 Å². The third-order valence-corrected chi connectivity index (χ3v) is 3.41. The first-order valence-electron chi connectivity index (χ1n) is 6.14. The molecule has 0 aliphatic carbocycles. The van der Waals surface area contributed by atoms with Gasteiger partial charge in [0.1, 0.15) is 0 Å². The zero-order valence-corrected chi connectivity index (χ0v) is 10.1. The molecule has 0 radical (unpaired) electrons. The van der Waals surface area contributed by atoms with Crippen molar-refractivity contribution in [1.29, 1.82) is 0 Å². The average molecular weight is 215 g/mol. The number of piperidine rings is 1. The van der Waals surface area contributed by atoms with E-state index < -0.39 is 0 Å². The fourth-order valence-corrected chi connectivity index (χ4v) is 2.23. The highest BCUT2D eigenvalue weighted by Gasteiger charge is 2.25. The average Bonchev–Trinajstić information content (AvgIpc) is 2.26. The molecule has 2 unspecified atom stereocenters. The first-order valence-corrected chi connectivity index (χ1v) is 6.14. The van der Waals surface area contributed by atoms with Gasteiger partial charge >= 0.3 is 0 Å². The maximum Gasteiger partial charge on any atom is 0.0724 e. The molecule has 0 aromatic carbocycles. The molecule has 0 aromatic rings. The maximum absolute atomic E-state index is 8.68. The number of hydrogen-bond acceptors (Lipinski definition) is 3. The molecule has 1 fully saturated rings. The fraction of sp³-hybridized carbons (Fsp3) is 1.00. The summed E-state index contributed by atoms with van der Waals surface area (Å²) in [5.74, 6) is 0.698. The van der Waals surface area contributed by atoms with E-state index in [1.165, 1.54) is 19.4 Å². The van der Waals surface area contributed by atoms with E-state index in [4.69, 9.17) is 9.84 Å². The van der Waals surface area contributed by atoms with Crippen LogP contribution in [0.25, 0.3) is 0 Å². The summed E-state index contributed by atoms with van der Waals surface area (Å²) in [6.07, 6.45) is 4.94. The van der Waals surface area contributed by atoms with E-state index >= 15 is 0 Å². The molecule has 90 valence electrons. The lowest BCUT2D eigenvalue weighted by molar-refractivity contribution is -0.00532. The molecule has 3 nitrogen and oxygen atoms in total. The number of likely N-dealkylation sites (tertiary alicyclic amines) is 1. The van der Waals surface area contributed by atoms with Gasteiger partial charge in [0, 0.05) is 20.3 Å². The van der Waals surface area contributed by atoms with Crippen LogP contribution in [0, 0.1) is 5.92 Å². The lowest BCUT2D eigenvalue weighted by Gasteiger charge is -2.36. The molecule has 2 atom stereocenters. The first kappa shape index (κ1) is 12.9. The van der Waals surface area contributed by atoms with Gasteiger partial charge in [-0.3, -0.25) is 0 Å². The van der Waals surface area contributed by atoms with Gasteiger partial charge in [0.25, 0.3) is 0 Å². The van der Waals surface area contributed by atoms with Crippen LogP contribution in [-0.2, 0) is 4.74 Å². The van der Waals surface area contributed by atoms with Crippen LogP contribution >= 0.6 is 0 Å². The number of unbranched alkanes of at least 4 members (excludes halogenated alkanes) is 2. The Morgan fingerprint density at radius 3 is 2.80 bits per heavy atom. The number of methoxy groups -OCH3 is 1. The fourth-order valence-electron chi connectivity index (χ4n) is 2.23. The molecule has 0 spiro atoms. The quantitative estimate of drug-likeness (QED) is 0.682. The minimum atomic E-state index is 0.331. The third-order valence-electron chi connectivity index (χ3n) is 3.41. The van der Waals surface area contributed by atoms with Gasteiger partial charge in [-0.25, -0.2) is 0 Å². The number of ether oxygens (including phenoxy) is 1. The summed E-state index contributed by atoms with van der Waals surface area (Å²) in [4.78, 5) is 2.49. The van der Waals surface area contributed by atoms with E-state index in [-0.39, 0.29) is 0 Å². The number of nitrogens with zero attached hydrogens (tertiary/aromatic N) is 1. The van der Waals surface area contributed by atoms with Gasteiger partial charge in [-0.2, -0.15) is 0 Å². The zero-order valence-electron chi connectivity index (χ0n) is 10.1. The summed E-state index contributed by atoms with van der Waals surface area (Å²) in [7, 11) is 1.82. The molecule has 1 saturated heterocycles. The van der Waals surface area contributed by atoms with E-state index in [1.54, 1.807) is 0 Å². The van der Waals surface area contributed by atoms with Gasteiger partial charge in [-0.05, 0) is 44.7 Å². The monoisotopic (exact) mass is 215 g/mol. The highest BCUT2D eigenvalue weighted by atomic mass is 16.5. The molecule has 1 aliphatic rings. The van der Waals surface area contributed by atoms with Crippen molar-refractivity contribution in [3.8, 4) is 0 Å². The summed E-state index contributed by atoms with van der Waals surface area (Å²) in [6.45, 7) is 6.05. The maximum atomic E-state index is 8.68. The second-order valence-corrected chi connectivity index (χ2v) is 4.62. The van der Waals surface area contributed by atoms with Gasteiger partial charge in [0.05, 0.1) is 6.10 Å². The molecule has 1 N–H and O–H groups in total. The summed E-state index contributed by atoms with van der Waals surface area (Å²) in [6, 6.07) is 0. The van der Waals surface area contributed by atoms with Crippen LogP contribution in [0.3, 0.4) is 0 Å². The van der Waals surface area contributed by atoms with E-state index in [0.717, 1.165) is 25.9 Å². The lowest BCUT2D eigenvalue weighted by atomic mass is 9.95.